The van der Waals surface area contributed by atoms with E-state index in [0.29, 0.717) is 11.8 Å². The molecule has 6 nitrogen and oxygen atoms in total. The first-order valence-electron chi connectivity index (χ1n) is 7.65. The number of methoxy groups -OCH3 is 1. The molecule has 2 rings (SSSR count). The summed E-state index contributed by atoms with van der Waals surface area (Å²) < 4.78 is 32.7. The molecule has 0 aromatic heterocycles. The van der Waals surface area contributed by atoms with Crippen LogP contribution < -0.4 is 10.5 Å². The maximum Gasteiger partial charge on any atom is 0.341 e. The van der Waals surface area contributed by atoms with Crippen molar-refractivity contribution >= 4 is 26.8 Å². The van der Waals surface area contributed by atoms with Gasteiger partial charge in [0.1, 0.15) is 0 Å². The number of hydrogen-bond acceptors (Lipinski definition) is 5. The summed E-state index contributed by atoms with van der Waals surface area (Å²) in [5, 5.41) is 1.41. The molecule has 0 aliphatic rings. The van der Waals surface area contributed by atoms with E-state index in [1.54, 1.807) is 25.1 Å². The third kappa shape index (κ3) is 3.43. The first-order chi connectivity index (χ1) is 11.2. The molecule has 0 aliphatic heterocycles. The van der Waals surface area contributed by atoms with Crippen LogP contribution in [0, 0.1) is 6.92 Å². The molecule has 0 fully saturated rings. The molecule has 3 N–H and O–H groups in total. The van der Waals surface area contributed by atoms with Crippen LogP contribution in [0.1, 0.15) is 25.3 Å². The van der Waals surface area contributed by atoms with Crippen LogP contribution in [0.5, 0.6) is 0 Å². The minimum atomic E-state index is -4.01. The Morgan fingerprint density at radius 1 is 1.21 bits per heavy atom. The minimum absolute atomic E-state index is 0.0820. The predicted octanol–water partition coefficient (Wildman–Crippen LogP) is 2.05. The Morgan fingerprint density at radius 3 is 2.42 bits per heavy atom. The minimum Gasteiger partial charge on any atom is -0.467 e. The van der Waals surface area contributed by atoms with Gasteiger partial charge in [0.05, 0.1) is 12.0 Å². The highest BCUT2D eigenvalue weighted by Crippen LogP contribution is 2.26. The van der Waals surface area contributed by atoms with Gasteiger partial charge in [-0.2, -0.15) is 4.72 Å². The second kappa shape index (κ2) is 6.88. The first-order valence-corrected chi connectivity index (χ1v) is 9.13. The van der Waals surface area contributed by atoms with E-state index in [2.05, 4.69) is 9.46 Å². The van der Waals surface area contributed by atoms with E-state index in [1.807, 2.05) is 19.1 Å². The van der Waals surface area contributed by atoms with Gasteiger partial charge >= 0.3 is 5.97 Å². The molecule has 0 spiro atoms. The van der Waals surface area contributed by atoms with Crippen LogP contribution in [-0.2, 0) is 19.6 Å². The number of sulfonamides is 1. The van der Waals surface area contributed by atoms with Crippen LogP contribution in [0.2, 0.25) is 0 Å². The van der Waals surface area contributed by atoms with Crippen LogP contribution in [0.3, 0.4) is 0 Å². The van der Waals surface area contributed by atoms with Crippen molar-refractivity contribution in [2.75, 3.05) is 7.11 Å². The fraction of sp³-hybridized carbons (Fsp3) is 0.353. The maximum absolute atomic E-state index is 12.9. The van der Waals surface area contributed by atoms with Crippen molar-refractivity contribution < 1.29 is 17.9 Å². The molecule has 0 aliphatic carbocycles. The zero-order valence-corrected chi connectivity index (χ0v) is 14.8. The van der Waals surface area contributed by atoms with Crippen LogP contribution in [0.4, 0.5) is 0 Å². The number of carbonyl (C=O) groups is 1. The summed E-state index contributed by atoms with van der Waals surface area (Å²) in [7, 11) is -2.84. The Labute approximate surface area is 142 Å². The van der Waals surface area contributed by atoms with Gasteiger partial charge in [0.15, 0.2) is 5.66 Å². The van der Waals surface area contributed by atoms with Crippen molar-refractivity contribution in [3.63, 3.8) is 0 Å². The molecular weight excluding hydrogens is 328 g/mol. The third-order valence-corrected chi connectivity index (χ3v) is 5.47. The van der Waals surface area contributed by atoms with E-state index in [0.717, 1.165) is 10.9 Å². The molecule has 1 atom stereocenters. The molecule has 0 amide bonds. The average molecular weight is 350 g/mol. The van der Waals surface area contributed by atoms with E-state index in [-0.39, 0.29) is 11.3 Å². The lowest BCUT2D eigenvalue weighted by atomic mass is 10.1. The number of hydrogen-bond donors (Lipinski definition) is 2. The van der Waals surface area contributed by atoms with Crippen molar-refractivity contribution in [1.82, 2.24) is 4.72 Å². The number of nitrogens with two attached hydrogens (primary N) is 1. The number of nitrogens with one attached hydrogen (secondary N) is 1. The standard InChI is InChI=1S/C17H22N2O4S/c1-4-11-17(18,16(20)23-3)19-24(21,22)15-10-9-12(2)13-7-5-6-8-14(13)15/h5-10,19H,4,11,18H2,1-3H3. The Kier molecular flexibility index (Phi) is 5.27. The zero-order valence-electron chi connectivity index (χ0n) is 14.0. The first kappa shape index (κ1) is 18.4. The Hall–Kier alpha value is -1.96. The summed E-state index contributed by atoms with van der Waals surface area (Å²) in [5.41, 5.74) is 5.16. The third-order valence-electron chi connectivity index (χ3n) is 3.90. The van der Waals surface area contributed by atoms with Gasteiger partial charge < -0.3 is 10.5 Å². The molecule has 1 unspecified atom stereocenters. The lowest BCUT2D eigenvalue weighted by Crippen LogP contribution is -2.61. The number of fused-ring (bicyclic) bond motifs is 1. The lowest BCUT2D eigenvalue weighted by Gasteiger charge is -2.27. The summed E-state index contributed by atoms with van der Waals surface area (Å²) in [6.45, 7) is 3.71. The van der Waals surface area contributed by atoms with Crippen molar-refractivity contribution in [2.24, 2.45) is 5.73 Å². The normalized spacial score (nSPS) is 14.3. The van der Waals surface area contributed by atoms with Gasteiger partial charge in [-0.25, -0.2) is 13.2 Å². The van der Waals surface area contributed by atoms with Gasteiger partial charge in [-0.1, -0.05) is 43.7 Å². The van der Waals surface area contributed by atoms with Crippen LogP contribution >= 0.6 is 0 Å². The fourth-order valence-corrected chi connectivity index (χ4v) is 4.21. The quantitative estimate of drug-likeness (QED) is 0.614. The molecule has 2 aromatic rings. The molecule has 0 heterocycles. The highest BCUT2D eigenvalue weighted by atomic mass is 32.2. The van der Waals surface area contributed by atoms with E-state index in [4.69, 9.17) is 5.73 Å². The molecule has 2 aromatic carbocycles. The van der Waals surface area contributed by atoms with Crippen LogP contribution in [-0.4, -0.2) is 27.2 Å². The monoisotopic (exact) mass is 350 g/mol. The molecule has 130 valence electrons. The largest absolute Gasteiger partial charge is 0.467 e. The highest BCUT2D eigenvalue weighted by Gasteiger charge is 2.39. The number of rotatable bonds is 6. The summed E-state index contributed by atoms with van der Waals surface area (Å²) in [6, 6.07) is 10.4. The van der Waals surface area contributed by atoms with Gasteiger partial charge in [0, 0.05) is 5.39 Å². The topological polar surface area (TPSA) is 98.5 Å². The maximum atomic E-state index is 12.9. The molecule has 0 radical (unpaired) electrons. The van der Waals surface area contributed by atoms with Gasteiger partial charge in [0.2, 0.25) is 10.0 Å². The van der Waals surface area contributed by atoms with Gasteiger partial charge in [-0.3, -0.25) is 0 Å². The van der Waals surface area contributed by atoms with Crippen molar-refractivity contribution in [3.05, 3.63) is 42.0 Å². The van der Waals surface area contributed by atoms with E-state index in [9.17, 15) is 13.2 Å². The molecular formula is C17H22N2O4S. The number of benzene rings is 2. The second-order valence-corrected chi connectivity index (χ2v) is 7.40. The summed E-state index contributed by atoms with van der Waals surface area (Å²) in [5.74, 6) is -0.815. The summed E-state index contributed by atoms with van der Waals surface area (Å²) >= 11 is 0. The van der Waals surface area contributed by atoms with E-state index >= 15 is 0 Å². The number of esters is 1. The zero-order chi connectivity index (χ0) is 18.0. The summed E-state index contributed by atoms with van der Waals surface area (Å²) in [6.07, 6.45) is 0.644. The SMILES string of the molecule is CCCC(N)(NS(=O)(=O)c1ccc(C)c2ccccc12)C(=O)OC. The number of aryl methyl sites for hydroxylation is 1. The van der Waals surface area contributed by atoms with Gasteiger partial charge in [-0.15, -0.1) is 0 Å². The van der Waals surface area contributed by atoms with E-state index < -0.39 is 21.7 Å². The van der Waals surface area contributed by atoms with Gasteiger partial charge in [0.25, 0.3) is 0 Å². The lowest BCUT2D eigenvalue weighted by molar-refractivity contribution is -0.148. The smallest absolute Gasteiger partial charge is 0.341 e. The highest BCUT2D eigenvalue weighted by molar-refractivity contribution is 7.89. The Morgan fingerprint density at radius 2 is 1.83 bits per heavy atom. The predicted molar refractivity (Wildman–Crippen MR) is 92.8 cm³/mol. The molecule has 0 saturated carbocycles. The van der Waals surface area contributed by atoms with Crippen molar-refractivity contribution in [1.29, 1.82) is 0 Å². The molecule has 7 heteroatoms. The molecule has 0 bridgehead atoms. The van der Waals surface area contributed by atoms with Gasteiger partial charge in [-0.05, 0) is 30.4 Å². The van der Waals surface area contributed by atoms with Crippen molar-refractivity contribution in [2.45, 2.75) is 37.2 Å². The van der Waals surface area contributed by atoms with Crippen LogP contribution in [0.15, 0.2) is 41.3 Å². The average Bonchev–Trinajstić information content (AvgIpc) is 2.54. The summed E-state index contributed by atoms with van der Waals surface area (Å²) in [4.78, 5) is 12.1. The second-order valence-electron chi connectivity index (χ2n) is 5.74. The van der Waals surface area contributed by atoms with E-state index in [1.165, 1.54) is 13.2 Å². The Bertz CT molecular complexity index is 864. The molecule has 0 saturated heterocycles. The number of carbonyl (C=O) groups excluding carboxylic acids is 1. The van der Waals surface area contributed by atoms with Crippen molar-refractivity contribution in [3.8, 4) is 0 Å². The Balaban J connectivity index is 2.55. The molecule has 24 heavy (non-hydrogen) atoms. The van der Waals surface area contributed by atoms with Crippen LogP contribution in [0.25, 0.3) is 10.8 Å². The fourth-order valence-electron chi connectivity index (χ4n) is 2.72. The number of ether oxygens (including phenoxy) is 1.